The van der Waals surface area contributed by atoms with Gasteiger partial charge in [-0.05, 0) is 17.7 Å². The fourth-order valence-corrected chi connectivity index (χ4v) is 1.89. The average molecular weight is 250 g/mol. The number of nitrogen functional groups attached to an aromatic ring is 1. The van der Waals surface area contributed by atoms with Crippen LogP contribution in [0.25, 0.3) is 11.3 Å². The Morgan fingerprint density at radius 1 is 1.22 bits per heavy atom. The number of alkyl halides is 1. The summed E-state index contributed by atoms with van der Waals surface area (Å²) in [6.45, 7) is 0.308. The summed E-state index contributed by atoms with van der Waals surface area (Å²) in [7, 11) is 0. The summed E-state index contributed by atoms with van der Waals surface area (Å²) in [5, 5.41) is 3.81. The SMILES string of the molecule is Nc1cc(-c2cc(CF)cc3c2OCCO3)no1. The highest BCUT2D eigenvalue weighted by Crippen LogP contribution is 2.41. The van der Waals surface area contributed by atoms with E-state index in [4.69, 9.17) is 19.7 Å². The van der Waals surface area contributed by atoms with Crippen LogP contribution in [0.15, 0.2) is 22.7 Å². The molecular weight excluding hydrogens is 239 g/mol. The molecule has 0 saturated heterocycles. The molecule has 1 aliphatic heterocycles. The standard InChI is InChI=1S/C12H11FN2O3/c13-6-7-3-8(9-5-11(14)18-15-9)12-10(4-7)16-1-2-17-12/h3-5H,1-2,6,14H2. The van der Waals surface area contributed by atoms with E-state index >= 15 is 0 Å². The molecule has 0 saturated carbocycles. The normalized spacial score (nSPS) is 13.6. The summed E-state index contributed by atoms with van der Waals surface area (Å²) in [5.74, 6) is 1.26. The van der Waals surface area contributed by atoms with Gasteiger partial charge in [-0.3, -0.25) is 0 Å². The van der Waals surface area contributed by atoms with Crippen LogP contribution in [-0.2, 0) is 6.67 Å². The van der Waals surface area contributed by atoms with Gasteiger partial charge in [0.1, 0.15) is 25.6 Å². The summed E-state index contributed by atoms with van der Waals surface area (Å²) in [5.41, 5.74) is 7.11. The summed E-state index contributed by atoms with van der Waals surface area (Å²) < 4.78 is 28.7. The highest BCUT2D eigenvalue weighted by atomic mass is 19.1. The molecule has 0 amide bonds. The molecular formula is C12H11FN2O3. The van der Waals surface area contributed by atoms with E-state index in [0.29, 0.717) is 41.5 Å². The maximum atomic E-state index is 12.8. The lowest BCUT2D eigenvalue weighted by Crippen LogP contribution is -2.16. The lowest BCUT2D eigenvalue weighted by atomic mass is 10.1. The molecule has 0 aliphatic carbocycles. The predicted octanol–water partition coefficient (Wildman–Crippen LogP) is 2.16. The van der Waals surface area contributed by atoms with Gasteiger partial charge >= 0.3 is 0 Å². The molecule has 0 spiro atoms. The Labute approximate surface area is 102 Å². The molecule has 2 aromatic rings. The van der Waals surface area contributed by atoms with Gasteiger partial charge in [0.25, 0.3) is 0 Å². The first-order valence-corrected chi connectivity index (χ1v) is 5.49. The molecule has 18 heavy (non-hydrogen) atoms. The van der Waals surface area contributed by atoms with Crippen LogP contribution in [-0.4, -0.2) is 18.4 Å². The third-order valence-electron chi connectivity index (χ3n) is 2.66. The van der Waals surface area contributed by atoms with Crippen LogP contribution in [0.2, 0.25) is 0 Å². The fraction of sp³-hybridized carbons (Fsp3) is 0.250. The number of nitrogens with zero attached hydrogens (tertiary/aromatic N) is 1. The van der Waals surface area contributed by atoms with Crippen molar-refractivity contribution in [1.82, 2.24) is 5.16 Å². The molecule has 3 rings (SSSR count). The van der Waals surface area contributed by atoms with E-state index < -0.39 is 6.67 Å². The van der Waals surface area contributed by atoms with E-state index in [-0.39, 0.29) is 5.88 Å². The number of halogens is 1. The smallest absolute Gasteiger partial charge is 0.222 e. The molecule has 2 N–H and O–H groups in total. The Balaban J connectivity index is 2.17. The number of rotatable bonds is 2. The molecule has 0 fully saturated rings. The Hall–Kier alpha value is -2.24. The van der Waals surface area contributed by atoms with Crippen LogP contribution >= 0.6 is 0 Å². The number of aromatic nitrogens is 1. The van der Waals surface area contributed by atoms with Gasteiger partial charge in [0.05, 0.1) is 5.56 Å². The first kappa shape index (κ1) is 10.9. The second-order valence-corrected chi connectivity index (χ2v) is 3.92. The second-order valence-electron chi connectivity index (χ2n) is 3.92. The van der Waals surface area contributed by atoms with Crippen LogP contribution in [0.5, 0.6) is 11.5 Å². The minimum absolute atomic E-state index is 0.195. The Kier molecular flexibility index (Phi) is 2.55. The number of anilines is 1. The number of benzene rings is 1. The van der Waals surface area contributed by atoms with Crippen molar-refractivity contribution in [2.24, 2.45) is 0 Å². The molecule has 0 unspecified atom stereocenters. The third-order valence-corrected chi connectivity index (χ3v) is 2.66. The van der Waals surface area contributed by atoms with Gasteiger partial charge in [-0.15, -0.1) is 0 Å². The van der Waals surface area contributed by atoms with Gasteiger partial charge in [0.15, 0.2) is 11.5 Å². The highest BCUT2D eigenvalue weighted by molar-refractivity contribution is 5.73. The van der Waals surface area contributed by atoms with Crippen molar-refractivity contribution in [2.75, 3.05) is 18.9 Å². The van der Waals surface area contributed by atoms with Gasteiger partial charge in [0.2, 0.25) is 5.88 Å². The van der Waals surface area contributed by atoms with Gasteiger partial charge in [-0.1, -0.05) is 5.16 Å². The van der Waals surface area contributed by atoms with Crippen LogP contribution in [0.1, 0.15) is 5.56 Å². The van der Waals surface area contributed by atoms with Crippen LogP contribution in [0.4, 0.5) is 10.3 Å². The lowest BCUT2D eigenvalue weighted by molar-refractivity contribution is 0.172. The molecule has 2 heterocycles. The van der Waals surface area contributed by atoms with Gasteiger partial charge < -0.3 is 19.7 Å². The van der Waals surface area contributed by atoms with E-state index in [1.165, 1.54) is 0 Å². The number of ether oxygens (including phenoxy) is 2. The average Bonchev–Trinajstić information content (AvgIpc) is 2.84. The maximum absolute atomic E-state index is 12.8. The Bertz CT molecular complexity index is 583. The van der Waals surface area contributed by atoms with Crippen molar-refractivity contribution >= 4 is 5.88 Å². The number of hydrogen-bond acceptors (Lipinski definition) is 5. The van der Waals surface area contributed by atoms with Crippen molar-refractivity contribution < 1.29 is 18.4 Å². The summed E-state index contributed by atoms with van der Waals surface area (Å²) in [6, 6.07) is 4.85. The molecule has 1 aromatic carbocycles. The van der Waals surface area contributed by atoms with E-state index in [1.54, 1.807) is 18.2 Å². The number of nitrogens with two attached hydrogens (primary N) is 1. The monoisotopic (exact) mass is 250 g/mol. The molecule has 94 valence electrons. The second kappa shape index (κ2) is 4.21. The van der Waals surface area contributed by atoms with Gasteiger partial charge in [0, 0.05) is 6.07 Å². The van der Waals surface area contributed by atoms with E-state index in [1.807, 2.05) is 0 Å². The fourth-order valence-electron chi connectivity index (χ4n) is 1.89. The maximum Gasteiger partial charge on any atom is 0.222 e. The first-order chi connectivity index (χ1) is 8.78. The number of fused-ring (bicyclic) bond motifs is 1. The molecule has 1 aromatic heterocycles. The zero-order valence-electron chi connectivity index (χ0n) is 9.48. The third kappa shape index (κ3) is 1.75. The van der Waals surface area contributed by atoms with Crippen molar-refractivity contribution in [3.05, 3.63) is 23.8 Å². The van der Waals surface area contributed by atoms with Crippen molar-refractivity contribution in [2.45, 2.75) is 6.67 Å². The topological polar surface area (TPSA) is 70.5 Å². The van der Waals surface area contributed by atoms with Crippen molar-refractivity contribution in [3.63, 3.8) is 0 Å². The van der Waals surface area contributed by atoms with Crippen LogP contribution < -0.4 is 15.2 Å². The Morgan fingerprint density at radius 2 is 2.06 bits per heavy atom. The minimum Gasteiger partial charge on any atom is -0.486 e. The number of hydrogen-bond donors (Lipinski definition) is 1. The van der Waals surface area contributed by atoms with Crippen LogP contribution in [0, 0.1) is 0 Å². The molecule has 1 aliphatic rings. The predicted molar refractivity (Wildman–Crippen MR) is 62.2 cm³/mol. The van der Waals surface area contributed by atoms with Gasteiger partial charge in [-0.2, -0.15) is 0 Å². The minimum atomic E-state index is -0.586. The molecule has 0 radical (unpaired) electrons. The zero-order chi connectivity index (χ0) is 12.5. The highest BCUT2D eigenvalue weighted by Gasteiger charge is 2.20. The molecule has 5 nitrogen and oxygen atoms in total. The largest absolute Gasteiger partial charge is 0.486 e. The first-order valence-electron chi connectivity index (χ1n) is 5.49. The van der Waals surface area contributed by atoms with Crippen LogP contribution in [0.3, 0.4) is 0 Å². The van der Waals surface area contributed by atoms with Crippen molar-refractivity contribution in [1.29, 1.82) is 0 Å². The summed E-state index contributed by atoms with van der Waals surface area (Å²) in [4.78, 5) is 0. The van der Waals surface area contributed by atoms with E-state index in [2.05, 4.69) is 5.16 Å². The van der Waals surface area contributed by atoms with E-state index in [9.17, 15) is 4.39 Å². The molecule has 6 heteroatoms. The quantitative estimate of drug-likeness (QED) is 0.884. The zero-order valence-corrected chi connectivity index (χ0v) is 9.48. The lowest BCUT2D eigenvalue weighted by Gasteiger charge is -2.21. The van der Waals surface area contributed by atoms with E-state index in [0.717, 1.165) is 0 Å². The molecule has 0 atom stereocenters. The summed E-state index contributed by atoms with van der Waals surface area (Å²) in [6.07, 6.45) is 0. The molecule has 0 bridgehead atoms. The van der Waals surface area contributed by atoms with Crippen molar-refractivity contribution in [3.8, 4) is 22.8 Å². The summed E-state index contributed by atoms with van der Waals surface area (Å²) >= 11 is 0. The van der Waals surface area contributed by atoms with Gasteiger partial charge in [-0.25, -0.2) is 4.39 Å². The Morgan fingerprint density at radius 3 is 2.78 bits per heavy atom.